The molecule has 0 bridgehead atoms. The van der Waals surface area contributed by atoms with Gasteiger partial charge in [0.05, 0.1) is 32.5 Å². The Hall–Kier alpha value is -0.370. The first-order valence-corrected chi connectivity index (χ1v) is 5.81. The Bertz CT molecular complexity index is 212. The first-order valence-electron chi connectivity index (χ1n) is 5.81. The summed E-state index contributed by atoms with van der Waals surface area (Å²) in [6.45, 7) is 2.93. The number of aliphatic hydroxyl groups is 1. The molecule has 7 heteroatoms. The van der Waals surface area contributed by atoms with Crippen molar-refractivity contribution >= 4 is 0 Å². The Morgan fingerprint density at radius 1 is 1.22 bits per heavy atom. The van der Waals surface area contributed by atoms with Crippen LogP contribution < -0.4 is 0 Å². The van der Waals surface area contributed by atoms with Crippen LogP contribution in [-0.4, -0.2) is 68.3 Å². The number of hydrogen-bond acceptors (Lipinski definition) is 4. The molecule has 0 aliphatic heterocycles. The van der Waals surface area contributed by atoms with Crippen molar-refractivity contribution < 1.29 is 27.8 Å². The lowest BCUT2D eigenvalue weighted by Crippen LogP contribution is -2.44. The van der Waals surface area contributed by atoms with E-state index < -0.39 is 18.8 Å². The highest BCUT2D eigenvalue weighted by Crippen LogP contribution is 2.18. The Morgan fingerprint density at radius 3 is 2.28 bits per heavy atom. The summed E-state index contributed by atoms with van der Waals surface area (Å²) >= 11 is 0. The molecule has 1 atom stereocenters. The fourth-order valence-corrected chi connectivity index (χ4v) is 1.37. The summed E-state index contributed by atoms with van der Waals surface area (Å²) < 4.78 is 46.7. The molecule has 110 valence electrons. The second-order valence-electron chi connectivity index (χ2n) is 4.36. The van der Waals surface area contributed by atoms with Gasteiger partial charge in [0.1, 0.15) is 0 Å². The molecule has 0 aliphatic rings. The van der Waals surface area contributed by atoms with E-state index >= 15 is 0 Å². The topological polar surface area (TPSA) is 41.9 Å². The van der Waals surface area contributed by atoms with Crippen LogP contribution in [0.4, 0.5) is 13.2 Å². The summed E-state index contributed by atoms with van der Waals surface area (Å²) in [5.41, 5.74) is 0. The quantitative estimate of drug-likeness (QED) is 0.643. The van der Waals surface area contributed by atoms with Crippen LogP contribution in [0.3, 0.4) is 0 Å². The summed E-state index contributed by atoms with van der Waals surface area (Å²) in [7, 11) is 1.52. The maximum atomic E-state index is 12.3. The summed E-state index contributed by atoms with van der Waals surface area (Å²) in [5, 5.41) is 9.59. The smallest absolute Gasteiger partial charge is 0.389 e. The van der Waals surface area contributed by atoms with Crippen molar-refractivity contribution in [1.82, 2.24) is 4.90 Å². The van der Waals surface area contributed by atoms with E-state index in [-0.39, 0.29) is 19.2 Å². The maximum Gasteiger partial charge on any atom is 0.401 e. The van der Waals surface area contributed by atoms with Crippen molar-refractivity contribution in [3.8, 4) is 0 Å². The second-order valence-corrected chi connectivity index (χ2v) is 4.36. The van der Waals surface area contributed by atoms with Crippen LogP contribution in [-0.2, 0) is 9.47 Å². The van der Waals surface area contributed by atoms with Gasteiger partial charge in [-0.25, -0.2) is 0 Å². The largest absolute Gasteiger partial charge is 0.401 e. The van der Waals surface area contributed by atoms with Crippen LogP contribution >= 0.6 is 0 Å². The van der Waals surface area contributed by atoms with E-state index in [2.05, 4.69) is 0 Å². The molecule has 1 N–H and O–H groups in total. The third-order valence-corrected chi connectivity index (χ3v) is 2.30. The molecule has 0 spiro atoms. The average Bonchev–Trinajstić information content (AvgIpc) is 2.21. The highest BCUT2D eigenvalue weighted by atomic mass is 19.4. The van der Waals surface area contributed by atoms with Crippen molar-refractivity contribution in [1.29, 1.82) is 0 Å². The summed E-state index contributed by atoms with van der Waals surface area (Å²) in [6.07, 6.45) is -5.20. The first-order chi connectivity index (χ1) is 8.26. The molecule has 0 saturated carbocycles. The van der Waals surface area contributed by atoms with Gasteiger partial charge in [-0.2, -0.15) is 13.2 Å². The standard InChI is InChI=1S/C11H22F3NO3/c1-9(2)15(8-11(12,13)14)6-10(16)7-18-5-4-17-3/h9-10,16H,4-8H2,1-3H3. The first kappa shape index (κ1) is 17.6. The Balaban J connectivity index is 4.00. The molecular weight excluding hydrogens is 251 g/mol. The number of alkyl halides is 3. The van der Waals surface area contributed by atoms with Gasteiger partial charge in [-0.05, 0) is 13.8 Å². The van der Waals surface area contributed by atoms with Crippen LogP contribution in [0.1, 0.15) is 13.8 Å². The van der Waals surface area contributed by atoms with Crippen molar-refractivity contribution in [3.05, 3.63) is 0 Å². The third kappa shape index (κ3) is 9.64. The lowest BCUT2D eigenvalue weighted by Gasteiger charge is -2.29. The Morgan fingerprint density at radius 2 is 1.83 bits per heavy atom. The monoisotopic (exact) mass is 273 g/mol. The van der Waals surface area contributed by atoms with Gasteiger partial charge in [0.15, 0.2) is 0 Å². The van der Waals surface area contributed by atoms with Crippen LogP contribution in [0.5, 0.6) is 0 Å². The number of ether oxygens (including phenoxy) is 2. The minimum absolute atomic E-state index is 0.00440. The Labute approximate surface area is 106 Å². The van der Waals surface area contributed by atoms with Gasteiger partial charge < -0.3 is 14.6 Å². The van der Waals surface area contributed by atoms with Gasteiger partial charge >= 0.3 is 6.18 Å². The lowest BCUT2D eigenvalue weighted by atomic mass is 10.2. The molecule has 0 aromatic heterocycles. The fraction of sp³-hybridized carbons (Fsp3) is 1.00. The van der Waals surface area contributed by atoms with E-state index in [1.165, 1.54) is 12.0 Å². The molecule has 0 aromatic rings. The molecule has 4 nitrogen and oxygen atoms in total. The molecule has 0 rings (SSSR count). The van der Waals surface area contributed by atoms with E-state index in [4.69, 9.17) is 9.47 Å². The van der Waals surface area contributed by atoms with E-state index in [0.29, 0.717) is 13.2 Å². The van der Waals surface area contributed by atoms with Gasteiger partial charge in [0.25, 0.3) is 0 Å². The molecule has 0 aromatic carbocycles. The number of hydrogen-bond donors (Lipinski definition) is 1. The minimum Gasteiger partial charge on any atom is -0.389 e. The highest BCUT2D eigenvalue weighted by molar-refractivity contribution is 4.71. The molecule has 0 fully saturated rings. The zero-order valence-electron chi connectivity index (χ0n) is 11.0. The molecule has 0 radical (unpaired) electrons. The van der Waals surface area contributed by atoms with Crippen LogP contribution in [0.25, 0.3) is 0 Å². The third-order valence-electron chi connectivity index (χ3n) is 2.30. The molecule has 18 heavy (non-hydrogen) atoms. The number of rotatable bonds is 9. The van der Waals surface area contributed by atoms with E-state index in [1.54, 1.807) is 13.8 Å². The number of halogens is 3. The number of aliphatic hydroxyl groups excluding tert-OH is 1. The number of methoxy groups -OCH3 is 1. The van der Waals surface area contributed by atoms with Crippen LogP contribution in [0.15, 0.2) is 0 Å². The van der Waals surface area contributed by atoms with Gasteiger partial charge in [0.2, 0.25) is 0 Å². The second kappa shape index (κ2) is 8.68. The number of nitrogens with zero attached hydrogens (tertiary/aromatic N) is 1. The van der Waals surface area contributed by atoms with Crippen LogP contribution in [0, 0.1) is 0 Å². The summed E-state index contributed by atoms with van der Waals surface area (Å²) in [5.74, 6) is 0. The van der Waals surface area contributed by atoms with Gasteiger partial charge in [-0.1, -0.05) is 0 Å². The lowest BCUT2D eigenvalue weighted by molar-refractivity contribution is -0.153. The van der Waals surface area contributed by atoms with E-state index in [1.807, 2.05) is 0 Å². The predicted octanol–water partition coefficient (Wildman–Crippen LogP) is 1.28. The van der Waals surface area contributed by atoms with Gasteiger partial charge in [-0.3, -0.25) is 4.90 Å². The molecule has 0 aliphatic carbocycles. The zero-order valence-corrected chi connectivity index (χ0v) is 11.0. The highest BCUT2D eigenvalue weighted by Gasteiger charge is 2.32. The Kier molecular flexibility index (Phi) is 8.51. The fourth-order valence-electron chi connectivity index (χ4n) is 1.37. The molecular formula is C11H22F3NO3. The summed E-state index contributed by atoms with van der Waals surface area (Å²) in [6, 6.07) is -0.291. The van der Waals surface area contributed by atoms with Crippen LogP contribution in [0.2, 0.25) is 0 Å². The summed E-state index contributed by atoms with van der Waals surface area (Å²) in [4.78, 5) is 1.17. The minimum atomic E-state index is -4.26. The molecule has 0 amide bonds. The van der Waals surface area contributed by atoms with E-state index in [0.717, 1.165) is 0 Å². The van der Waals surface area contributed by atoms with E-state index in [9.17, 15) is 18.3 Å². The van der Waals surface area contributed by atoms with Gasteiger partial charge in [0, 0.05) is 19.7 Å². The van der Waals surface area contributed by atoms with Gasteiger partial charge in [-0.15, -0.1) is 0 Å². The van der Waals surface area contributed by atoms with Crippen molar-refractivity contribution in [3.63, 3.8) is 0 Å². The normalized spacial score (nSPS) is 14.5. The predicted molar refractivity (Wildman–Crippen MR) is 61.5 cm³/mol. The maximum absolute atomic E-state index is 12.3. The average molecular weight is 273 g/mol. The molecule has 0 heterocycles. The zero-order chi connectivity index (χ0) is 14.2. The SMILES string of the molecule is COCCOCC(O)CN(CC(F)(F)F)C(C)C. The van der Waals surface area contributed by atoms with Crippen molar-refractivity contribution in [2.45, 2.75) is 32.2 Å². The molecule has 0 saturated heterocycles. The van der Waals surface area contributed by atoms with Crippen molar-refractivity contribution in [2.75, 3.05) is 40.0 Å². The molecule has 1 unspecified atom stereocenters. The van der Waals surface area contributed by atoms with Crippen molar-refractivity contribution in [2.24, 2.45) is 0 Å².